The SMILES string of the molecule is CC(C)N1CC(N2CCC(SNC(=O)Nc3c4c(cc5c3CCC5)CCC4)C2)C1. The van der Waals surface area contributed by atoms with Crippen LogP contribution in [0.1, 0.15) is 55.4 Å². The van der Waals surface area contributed by atoms with Crippen LogP contribution in [0.15, 0.2) is 6.07 Å². The van der Waals surface area contributed by atoms with Crippen LogP contribution in [0.2, 0.25) is 0 Å². The fourth-order valence-corrected chi connectivity index (χ4v) is 6.38. The van der Waals surface area contributed by atoms with Gasteiger partial charge in [0.25, 0.3) is 0 Å². The topological polar surface area (TPSA) is 47.6 Å². The number of rotatable bonds is 5. The van der Waals surface area contributed by atoms with Crippen molar-refractivity contribution in [3.05, 3.63) is 28.3 Å². The summed E-state index contributed by atoms with van der Waals surface area (Å²) in [5.74, 6) is 0. The molecule has 4 aliphatic rings. The van der Waals surface area contributed by atoms with Gasteiger partial charge >= 0.3 is 6.03 Å². The molecule has 2 fully saturated rings. The highest BCUT2D eigenvalue weighted by atomic mass is 32.2. The van der Waals surface area contributed by atoms with Crippen LogP contribution in [-0.4, -0.2) is 59.3 Å². The summed E-state index contributed by atoms with van der Waals surface area (Å²) >= 11 is 1.62. The number of hydrogen-bond donors (Lipinski definition) is 2. The number of likely N-dealkylation sites (tertiary alicyclic amines) is 2. The van der Waals surface area contributed by atoms with Crippen molar-refractivity contribution in [2.45, 2.75) is 76.1 Å². The molecular formula is C23H34N4OS. The molecule has 2 heterocycles. The van der Waals surface area contributed by atoms with Gasteiger partial charge in [-0.15, -0.1) is 0 Å². The van der Waals surface area contributed by atoms with Gasteiger partial charge in [0.05, 0.1) is 0 Å². The van der Waals surface area contributed by atoms with Crippen LogP contribution in [0.25, 0.3) is 0 Å². The molecule has 5 rings (SSSR count). The minimum atomic E-state index is -0.0440. The van der Waals surface area contributed by atoms with Gasteiger partial charge < -0.3 is 5.32 Å². The second-order valence-electron chi connectivity index (χ2n) is 9.52. The number of hydrogen-bond acceptors (Lipinski definition) is 4. The van der Waals surface area contributed by atoms with Gasteiger partial charge in [0.2, 0.25) is 0 Å². The molecule has 2 saturated heterocycles. The number of urea groups is 1. The molecule has 1 aromatic rings. The first kappa shape index (κ1) is 19.7. The fourth-order valence-electron chi connectivity index (χ4n) is 5.57. The first-order chi connectivity index (χ1) is 14.1. The monoisotopic (exact) mass is 414 g/mol. The van der Waals surface area contributed by atoms with Crippen LogP contribution in [0.3, 0.4) is 0 Å². The van der Waals surface area contributed by atoms with Crippen LogP contribution >= 0.6 is 11.9 Å². The molecule has 0 spiro atoms. The van der Waals surface area contributed by atoms with Gasteiger partial charge in [-0.2, -0.15) is 0 Å². The average Bonchev–Trinajstić information content (AvgIpc) is 3.38. The maximum Gasteiger partial charge on any atom is 0.329 e. The fraction of sp³-hybridized carbons (Fsp3) is 0.696. The number of nitrogens with one attached hydrogen (secondary N) is 2. The molecule has 1 aromatic carbocycles. The Bertz CT molecular complexity index is 757. The number of fused-ring (bicyclic) bond motifs is 2. The minimum absolute atomic E-state index is 0.0440. The first-order valence-corrected chi connectivity index (χ1v) is 12.3. The Morgan fingerprint density at radius 1 is 1.07 bits per heavy atom. The molecule has 2 aliphatic heterocycles. The molecule has 1 atom stereocenters. The van der Waals surface area contributed by atoms with Gasteiger partial charge in [-0.1, -0.05) is 6.07 Å². The highest BCUT2D eigenvalue weighted by Crippen LogP contribution is 2.38. The van der Waals surface area contributed by atoms with Gasteiger partial charge in [-0.3, -0.25) is 14.5 Å². The number of benzene rings is 1. The van der Waals surface area contributed by atoms with E-state index < -0.39 is 0 Å². The van der Waals surface area contributed by atoms with E-state index in [4.69, 9.17) is 0 Å². The lowest BCUT2D eigenvalue weighted by Gasteiger charge is -2.46. The predicted octanol–water partition coefficient (Wildman–Crippen LogP) is 3.60. The van der Waals surface area contributed by atoms with Crippen LogP contribution in [0, 0.1) is 0 Å². The summed E-state index contributed by atoms with van der Waals surface area (Å²) in [6.07, 6.45) is 8.16. The van der Waals surface area contributed by atoms with E-state index in [0.29, 0.717) is 17.3 Å². The van der Waals surface area contributed by atoms with Crippen molar-refractivity contribution < 1.29 is 4.79 Å². The zero-order valence-electron chi connectivity index (χ0n) is 17.8. The Kier molecular flexibility index (Phi) is 5.52. The van der Waals surface area contributed by atoms with Crippen LogP contribution in [0.4, 0.5) is 10.5 Å². The summed E-state index contributed by atoms with van der Waals surface area (Å²) in [5, 5.41) is 3.75. The van der Waals surface area contributed by atoms with Gasteiger partial charge in [-0.05, 0) is 99.5 Å². The maximum atomic E-state index is 12.7. The van der Waals surface area contributed by atoms with E-state index in [2.05, 4.69) is 39.8 Å². The Labute approximate surface area is 179 Å². The molecule has 2 amide bonds. The number of carbonyl (C=O) groups excluding carboxylic acids is 1. The van der Waals surface area contributed by atoms with Crippen LogP contribution in [0.5, 0.6) is 0 Å². The zero-order valence-corrected chi connectivity index (χ0v) is 18.6. The van der Waals surface area contributed by atoms with Gasteiger partial charge in [-0.25, -0.2) is 4.79 Å². The number of aryl methyl sites for hydroxylation is 2. The molecule has 0 radical (unpaired) electrons. The third-order valence-electron chi connectivity index (χ3n) is 7.34. The van der Waals surface area contributed by atoms with Gasteiger partial charge in [0, 0.05) is 42.7 Å². The van der Waals surface area contributed by atoms with Crippen molar-refractivity contribution in [3.63, 3.8) is 0 Å². The van der Waals surface area contributed by atoms with E-state index in [9.17, 15) is 4.79 Å². The normalized spacial score (nSPS) is 24.6. The van der Waals surface area contributed by atoms with E-state index >= 15 is 0 Å². The van der Waals surface area contributed by atoms with Crippen molar-refractivity contribution >= 4 is 23.7 Å². The minimum Gasteiger partial charge on any atom is -0.307 e. The van der Waals surface area contributed by atoms with E-state index in [1.165, 1.54) is 67.4 Å². The van der Waals surface area contributed by atoms with Crippen molar-refractivity contribution in [2.24, 2.45) is 0 Å². The molecule has 6 heteroatoms. The lowest BCUT2D eigenvalue weighted by molar-refractivity contribution is 0.0261. The summed E-state index contributed by atoms with van der Waals surface area (Å²) in [6, 6.07) is 3.74. The highest BCUT2D eigenvalue weighted by Gasteiger charge is 2.37. The standard InChI is InChI=1S/C23H34N4OS/c1-15(2)27-12-18(13-27)26-10-9-19(14-26)29-25-23(28)24-22-20-7-3-5-16(20)11-17-6-4-8-21(17)22/h11,15,18-19H,3-10,12-14H2,1-2H3,(H2,24,25,28). The first-order valence-electron chi connectivity index (χ1n) is 11.5. The molecular weight excluding hydrogens is 380 g/mol. The molecule has 5 nitrogen and oxygen atoms in total. The number of nitrogens with zero attached hydrogens (tertiary/aromatic N) is 2. The summed E-state index contributed by atoms with van der Waals surface area (Å²) in [6.45, 7) is 9.22. The van der Waals surface area contributed by atoms with Crippen molar-refractivity contribution in [2.75, 3.05) is 31.5 Å². The Balaban J connectivity index is 1.14. The van der Waals surface area contributed by atoms with E-state index in [-0.39, 0.29) is 6.03 Å². The van der Waals surface area contributed by atoms with E-state index in [1.807, 2.05) is 0 Å². The van der Waals surface area contributed by atoms with E-state index in [1.54, 1.807) is 11.9 Å². The molecule has 158 valence electrons. The Morgan fingerprint density at radius 3 is 2.41 bits per heavy atom. The number of anilines is 1. The van der Waals surface area contributed by atoms with E-state index in [0.717, 1.165) is 31.6 Å². The molecule has 0 saturated carbocycles. The number of carbonyl (C=O) groups is 1. The van der Waals surface area contributed by atoms with Crippen LogP contribution in [-0.2, 0) is 25.7 Å². The smallest absolute Gasteiger partial charge is 0.307 e. The largest absolute Gasteiger partial charge is 0.329 e. The summed E-state index contributed by atoms with van der Waals surface area (Å²) in [7, 11) is 0. The third-order valence-corrected chi connectivity index (χ3v) is 8.36. The third kappa shape index (κ3) is 3.91. The quantitative estimate of drug-likeness (QED) is 0.723. The maximum absolute atomic E-state index is 12.7. The zero-order chi connectivity index (χ0) is 20.0. The van der Waals surface area contributed by atoms with Gasteiger partial charge in [0.1, 0.15) is 0 Å². The molecule has 2 aliphatic carbocycles. The summed E-state index contributed by atoms with van der Waals surface area (Å²) < 4.78 is 3.11. The molecule has 1 unspecified atom stereocenters. The highest BCUT2D eigenvalue weighted by molar-refractivity contribution is 7.98. The van der Waals surface area contributed by atoms with Gasteiger partial charge in [0.15, 0.2) is 0 Å². The molecule has 0 aromatic heterocycles. The number of amides is 2. The van der Waals surface area contributed by atoms with Crippen molar-refractivity contribution in [1.29, 1.82) is 0 Å². The summed E-state index contributed by atoms with van der Waals surface area (Å²) in [4.78, 5) is 17.9. The second-order valence-corrected chi connectivity index (χ2v) is 10.6. The summed E-state index contributed by atoms with van der Waals surface area (Å²) in [5.41, 5.74) is 6.88. The molecule has 0 bridgehead atoms. The second kappa shape index (κ2) is 8.12. The lowest BCUT2D eigenvalue weighted by Crippen LogP contribution is -2.60. The predicted molar refractivity (Wildman–Crippen MR) is 121 cm³/mol. The molecule has 2 N–H and O–H groups in total. The Hall–Kier alpha value is -1.24. The average molecular weight is 415 g/mol. The van der Waals surface area contributed by atoms with Crippen LogP contribution < -0.4 is 10.0 Å². The van der Waals surface area contributed by atoms with Crippen molar-refractivity contribution in [3.8, 4) is 0 Å². The van der Waals surface area contributed by atoms with Crippen molar-refractivity contribution in [1.82, 2.24) is 14.5 Å². The lowest BCUT2D eigenvalue weighted by atomic mass is 9.99. The Morgan fingerprint density at radius 2 is 1.76 bits per heavy atom. The molecule has 29 heavy (non-hydrogen) atoms.